The first-order valence-electron chi connectivity index (χ1n) is 8.71. The minimum atomic E-state index is -0.485. The Morgan fingerprint density at radius 3 is 2.93 bits per heavy atom. The van der Waals surface area contributed by atoms with E-state index >= 15 is 0 Å². The Labute approximate surface area is 154 Å². The molecule has 8 nitrogen and oxygen atoms in total. The number of nitrogens with one attached hydrogen (secondary N) is 2. The number of fused-ring (bicyclic) bond motifs is 1. The molecule has 0 unspecified atom stereocenters. The second kappa shape index (κ2) is 6.88. The van der Waals surface area contributed by atoms with Crippen LogP contribution in [0.3, 0.4) is 0 Å². The lowest BCUT2D eigenvalue weighted by Gasteiger charge is -2.26. The molecule has 1 aliphatic rings. The van der Waals surface area contributed by atoms with Crippen molar-refractivity contribution in [1.29, 1.82) is 0 Å². The predicted octanol–water partition coefficient (Wildman–Crippen LogP) is 1.59. The van der Waals surface area contributed by atoms with Crippen molar-refractivity contribution >= 4 is 0 Å². The van der Waals surface area contributed by atoms with Crippen molar-refractivity contribution in [2.75, 3.05) is 13.7 Å². The highest BCUT2D eigenvalue weighted by Crippen LogP contribution is 2.32. The molecule has 2 N–H and O–H groups in total. The summed E-state index contributed by atoms with van der Waals surface area (Å²) in [5.74, 6) is 1.63. The van der Waals surface area contributed by atoms with Crippen LogP contribution in [0.15, 0.2) is 38.4 Å². The molecule has 3 aromatic rings. The van der Waals surface area contributed by atoms with E-state index in [0.717, 1.165) is 34.9 Å². The molecule has 0 bridgehead atoms. The van der Waals surface area contributed by atoms with Gasteiger partial charge in [0.25, 0.3) is 5.56 Å². The Bertz CT molecular complexity index is 1100. The van der Waals surface area contributed by atoms with Gasteiger partial charge in [0.15, 0.2) is 0 Å². The van der Waals surface area contributed by atoms with Crippen molar-refractivity contribution in [1.82, 2.24) is 20.0 Å². The molecule has 0 saturated carbocycles. The van der Waals surface area contributed by atoms with Crippen molar-refractivity contribution in [2.24, 2.45) is 0 Å². The van der Waals surface area contributed by atoms with Crippen molar-refractivity contribution in [3.05, 3.63) is 67.7 Å². The molecule has 140 valence electrons. The summed E-state index contributed by atoms with van der Waals surface area (Å²) in [5, 5.41) is 4.26. The monoisotopic (exact) mass is 368 g/mol. The molecular weight excluding hydrogens is 348 g/mol. The van der Waals surface area contributed by atoms with E-state index in [4.69, 9.17) is 9.26 Å². The normalized spacial score (nSPS) is 14.1. The van der Waals surface area contributed by atoms with Crippen LogP contribution < -0.4 is 16.0 Å². The number of hydrogen-bond donors (Lipinski definition) is 2. The van der Waals surface area contributed by atoms with Gasteiger partial charge in [-0.1, -0.05) is 17.3 Å². The van der Waals surface area contributed by atoms with Gasteiger partial charge in [-0.05, 0) is 19.1 Å². The second-order valence-electron chi connectivity index (χ2n) is 6.64. The fourth-order valence-electron chi connectivity index (χ4n) is 3.44. The lowest BCUT2D eigenvalue weighted by atomic mass is 10.0. The third-order valence-electron chi connectivity index (χ3n) is 4.89. The highest BCUT2D eigenvalue weighted by Gasteiger charge is 2.26. The van der Waals surface area contributed by atoms with Crippen LogP contribution in [0, 0.1) is 6.92 Å². The molecule has 0 amide bonds. The van der Waals surface area contributed by atoms with E-state index in [1.54, 1.807) is 14.0 Å². The van der Waals surface area contributed by atoms with Crippen LogP contribution in [0.5, 0.6) is 5.75 Å². The third kappa shape index (κ3) is 3.31. The summed E-state index contributed by atoms with van der Waals surface area (Å²) in [6.45, 7) is 3.55. The Morgan fingerprint density at radius 1 is 1.30 bits per heavy atom. The van der Waals surface area contributed by atoms with Gasteiger partial charge < -0.3 is 14.2 Å². The number of methoxy groups -OCH3 is 1. The largest absolute Gasteiger partial charge is 0.497 e. The van der Waals surface area contributed by atoms with Crippen molar-refractivity contribution in [3.63, 3.8) is 0 Å². The SMILES string of the molecule is COc1cccc(-c2noc3c2CN(Cc2c(C)[nH]c(=O)[nH]c2=O)CC3)c1. The summed E-state index contributed by atoms with van der Waals surface area (Å²) in [7, 11) is 1.63. The van der Waals surface area contributed by atoms with E-state index in [0.29, 0.717) is 30.8 Å². The van der Waals surface area contributed by atoms with Crippen LogP contribution in [0.25, 0.3) is 11.3 Å². The maximum absolute atomic E-state index is 12.1. The zero-order valence-corrected chi connectivity index (χ0v) is 15.2. The fraction of sp³-hybridized carbons (Fsp3) is 0.316. The Kier molecular flexibility index (Phi) is 4.41. The maximum atomic E-state index is 12.1. The number of H-pyrrole nitrogens is 2. The number of benzene rings is 1. The van der Waals surface area contributed by atoms with Crippen LogP contribution in [0.1, 0.15) is 22.6 Å². The molecule has 4 rings (SSSR count). The summed E-state index contributed by atoms with van der Waals surface area (Å²) in [4.78, 5) is 30.6. The molecule has 0 radical (unpaired) electrons. The zero-order chi connectivity index (χ0) is 19.0. The Balaban J connectivity index is 1.63. The quantitative estimate of drug-likeness (QED) is 0.725. The van der Waals surface area contributed by atoms with Gasteiger partial charge in [-0.2, -0.15) is 0 Å². The molecule has 8 heteroatoms. The molecule has 3 heterocycles. The molecular formula is C19H20N4O4. The van der Waals surface area contributed by atoms with Gasteiger partial charge in [0, 0.05) is 42.9 Å². The summed E-state index contributed by atoms with van der Waals surface area (Å²) in [5.41, 5.74) is 3.07. The van der Waals surface area contributed by atoms with Crippen LogP contribution in [-0.2, 0) is 19.5 Å². The number of aromatic amines is 2. The number of rotatable bonds is 4. The first kappa shape index (κ1) is 17.3. The first-order valence-corrected chi connectivity index (χ1v) is 8.71. The molecule has 0 atom stereocenters. The summed E-state index contributed by atoms with van der Waals surface area (Å²) >= 11 is 0. The summed E-state index contributed by atoms with van der Waals surface area (Å²) < 4.78 is 10.8. The van der Waals surface area contributed by atoms with E-state index in [-0.39, 0.29) is 5.56 Å². The lowest BCUT2D eigenvalue weighted by Crippen LogP contribution is -2.35. The molecule has 2 aromatic heterocycles. The molecule has 0 aliphatic carbocycles. The van der Waals surface area contributed by atoms with Gasteiger partial charge in [-0.15, -0.1) is 0 Å². The number of ether oxygens (including phenoxy) is 1. The van der Waals surface area contributed by atoms with Crippen molar-refractivity contribution in [2.45, 2.75) is 26.4 Å². The molecule has 1 aliphatic heterocycles. The molecule has 0 saturated heterocycles. The van der Waals surface area contributed by atoms with Gasteiger partial charge in [0.2, 0.25) is 0 Å². The van der Waals surface area contributed by atoms with Gasteiger partial charge >= 0.3 is 5.69 Å². The smallest absolute Gasteiger partial charge is 0.325 e. The first-order chi connectivity index (χ1) is 13.0. The Hall–Kier alpha value is -3.13. The number of aromatic nitrogens is 3. The van der Waals surface area contributed by atoms with E-state index in [1.165, 1.54) is 0 Å². The highest BCUT2D eigenvalue weighted by molar-refractivity contribution is 5.65. The topological polar surface area (TPSA) is 104 Å². The van der Waals surface area contributed by atoms with Gasteiger partial charge in [0.05, 0.1) is 12.7 Å². The molecule has 0 spiro atoms. The molecule has 0 fully saturated rings. The standard InChI is InChI=1S/C19H20N4O4/c1-11-14(18(24)21-19(25)20-11)9-23-7-6-16-15(10-23)17(22-27-16)12-4-3-5-13(8-12)26-2/h3-5,8H,6-7,9-10H2,1-2H3,(H2,20,21,24,25). The van der Waals surface area contributed by atoms with E-state index in [1.807, 2.05) is 24.3 Å². The fourth-order valence-corrected chi connectivity index (χ4v) is 3.44. The lowest BCUT2D eigenvalue weighted by molar-refractivity contribution is 0.227. The average molecular weight is 368 g/mol. The van der Waals surface area contributed by atoms with Crippen molar-refractivity contribution in [3.8, 4) is 17.0 Å². The van der Waals surface area contributed by atoms with Gasteiger partial charge in [-0.3, -0.25) is 14.7 Å². The van der Waals surface area contributed by atoms with Crippen LogP contribution in [0.2, 0.25) is 0 Å². The maximum Gasteiger partial charge on any atom is 0.325 e. The minimum Gasteiger partial charge on any atom is -0.497 e. The number of nitrogens with zero attached hydrogens (tertiary/aromatic N) is 2. The van der Waals surface area contributed by atoms with E-state index in [2.05, 4.69) is 20.0 Å². The van der Waals surface area contributed by atoms with Gasteiger partial charge in [0.1, 0.15) is 17.2 Å². The zero-order valence-electron chi connectivity index (χ0n) is 15.2. The summed E-state index contributed by atoms with van der Waals surface area (Å²) in [6, 6.07) is 7.69. The predicted molar refractivity (Wildman–Crippen MR) is 98.7 cm³/mol. The van der Waals surface area contributed by atoms with E-state index < -0.39 is 5.69 Å². The van der Waals surface area contributed by atoms with Crippen LogP contribution in [0.4, 0.5) is 0 Å². The van der Waals surface area contributed by atoms with Crippen LogP contribution >= 0.6 is 0 Å². The molecule has 1 aromatic carbocycles. The van der Waals surface area contributed by atoms with Crippen molar-refractivity contribution < 1.29 is 9.26 Å². The number of aryl methyl sites for hydroxylation is 1. The minimum absolute atomic E-state index is 0.347. The third-order valence-corrected chi connectivity index (χ3v) is 4.89. The second-order valence-corrected chi connectivity index (χ2v) is 6.64. The number of hydrogen-bond acceptors (Lipinski definition) is 6. The van der Waals surface area contributed by atoms with Crippen LogP contribution in [-0.4, -0.2) is 33.7 Å². The average Bonchev–Trinajstić information content (AvgIpc) is 3.08. The molecule has 27 heavy (non-hydrogen) atoms. The van der Waals surface area contributed by atoms with E-state index in [9.17, 15) is 9.59 Å². The van der Waals surface area contributed by atoms with Gasteiger partial charge in [-0.25, -0.2) is 4.79 Å². The summed E-state index contributed by atoms with van der Waals surface area (Å²) in [6.07, 6.45) is 0.715. The Morgan fingerprint density at radius 2 is 2.15 bits per heavy atom. The highest BCUT2D eigenvalue weighted by atomic mass is 16.5.